The van der Waals surface area contributed by atoms with E-state index in [1.807, 2.05) is 52.2 Å². The Bertz CT molecular complexity index is 554. The van der Waals surface area contributed by atoms with E-state index in [1.54, 1.807) is 0 Å². The standard InChI is InChI=1S/C18H30N4O3.2ClH/c1-13(2)17(19)18(24)21-12-16(23)20-11-14-5-7-15(8-6-14)25-10-9-22(3)4;;/h5-8,13,17H,9-12,19H2,1-4H3,(H,20,23)(H,21,24);2*1H/t17-;;/m0../s1. The molecule has 0 bridgehead atoms. The zero-order chi connectivity index (χ0) is 18.8. The van der Waals surface area contributed by atoms with Gasteiger partial charge in [-0.3, -0.25) is 9.59 Å². The lowest BCUT2D eigenvalue weighted by Gasteiger charge is -2.15. The molecule has 9 heteroatoms. The molecule has 0 aliphatic carbocycles. The number of carbonyl (C=O) groups is 2. The first-order valence-corrected chi connectivity index (χ1v) is 8.46. The van der Waals surface area contributed by atoms with Crippen molar-refractivity contribution in [2.75, 3.05) is 33.8 Å². The molecule has 0 radical (unpaired) electrons. The molecule has 0 aliphatic rings. The number of benzene rings is 1. The lowest BCUT2D eigenvalue weighted by Crippen LogP contribution is -2.47. The number of likely N-dealkylation sites (N-methyl/N-ethyl adjacent to an activating group) is 1. The van der Waals surface area contributed by atoms with Crippen LogP contribution in [0.25, 0.3) is 0 Å². The number of amides is 2. The number of nitrogens with zero attached hydrogens (tertiary/aromatic N) is 1. The van der Waals surface area contributed by atoms with Crippen molar-refractivity contribution in [2.24, 2.45) is 11.7 Å². The van der Waals surface area contributed by atoms with Gasteiger partial charge in [0, 0.05) is 13.1 Å². The maximum atomic E-state index is 11.8. The van der Waals surface area contributed by atoms with Crippen LogP contribution in [0.5, 0.6) is 5.75 Å². The third kappa shape index (κ3) is 11.7. The largest absolute Gasteiger partial charge is 0.492 e. The highest BCUT2D eigenvalue weighted by Crippen LogP contribution is 2.12. The first kappa shape index (κ1) is 27.7. The summed E-state index contributed by atoms with van der Waals surface area (Å²) >= 11 is 0. The summed E-state index contributed by atoms with van der Waals surface area (Å²) < 4.78 is 5.62. The van der Waals surface area contributed by atoms with Gasteiger partial charge in [-0.1, -0.05) is 26.0 Å². The minimum Gasteiger partial charge on any atom is -0.492 e. The van der Waals surface area contributed by atoms with Gasteiger partial charge in [0.1, 0.15) is 12.4 Å². The van der Waals surface area contributed by atoms with E-state index in [4.69, 9.17) is 10.5 Å². The fourth-order valence-electron chi connectivity index (χ4n) is 1.90. The van der Waals surface area contributed by atoms with Gasteiger partial charge in [0.2, 0.25) is 11.8 Å². The van der Waals surface area contributed by atoms with Gasteiger partial charge in [-0.25, -0.2) is 0 Å². The third-order valence-electron chi connectivity index (χ3n) is 3.66. The van der Waals surface area contributed by atoms with E-state index in [1.165, 1.54) is 0 Å². The average Bonchev–Trinajstić information content (AvgIpc) is 2.57. The van der Waals surface area contributed by atoms with Crippen molar-refractivity contribution >= 4 is 36.6 Å². The number of halogens is 2. The molecule has 27 heavy (non-hydrogen) atoms. The van der Waals surface area contributed by atoms with Gasteiger partial charge in [-0.2, -0.15) is 0 Å². The van der Waals surface area contributed by atoms with Crippen molar-refractivity contribution in [1.82, 2.24) is 15.5 Å². The molecule has 0 aromatic heterocycles. The maximum Gasteiger partial charge on any atom is 0.239 e. The minimum atomic E-state index is -0.604. The van der Waals surface area contributed by atoms with Crippen LogP contribution in [0.2, 0.25) is 0 Å². The van der Waals surface area contributed by atoms with Crippen molar-refractivity contribution in [3.05, 3.63) is 29.8 Å². The number of nitrogens with one attached hydrogen (secondary N) is 2. The van der Waals surface area contributed by atoms with Crippen molar-refractivity contribution in [1.29, 1.82) is 0 Å². The molecule has 1 aromatic rings. The van der Waals surface area contributed by atoms with Crippen molar-refractivity contribution in [3.8, 4) is 5.75 Å². The SMILES string of the molecule is CC(C)[C@H](N)C(=O)NCC(=O)NCc1ccc(OCCN(C)C)cc1.Cl.Cl. The number of nitrogens with two attached hydrogens (primary N) is 1. The van der Waals surface area contributed by atoms with Gasteiger partial charge in [-0.05, 0) is 37.7 Å². The highest BCUT2D eigenvalue weighted by molar-refractivity contribution is 5.87. The van der Waals surface area contributed by atoms with E-state index in [0.29, 0.717) is 13.2 Å². The monoisotopic (exact) mass is 422 g/mol. The molecule has 1 rings (SSSR count). The normalized spacial score (nSPS) is 11.2. The highest BCUT2D eigenvalue weighted by atomic mass is 35.5. The molecular formula is C18H32Cl2N4O3. The Kier molecular flexibility index (Phi) is 14.9. The van der Waals surface area contributed by atoms with Gasteiger partial charge in [0.15, 0.2) is 0 Å². The molecule has 0 saturated heterocycles. The second-order valence-corrected chi connectivity index (χ2v) is 6.56. The van der Waals surface area contributed by atoms with Crippen LogP contribution in [0, 0.1) is 5.92 Å². The predicted molar refractivity (Wildman–Crippen MR) is 113 cm³/mol. The van der Waals surface area contributed by atoms with Crippen molar-refractivity contribution in [3.63, 3.8) is 0 Å². The van der Waals surface area contributed by atoms with Crippen LogP contribution >= 0.6 is 24.8 Å². The van der Waals surface area contributed by atoms with Crippen LogP contribution in [0.1, 0.15) is 19.4 Å². The summed E-state index contributed by atoms with van der Waals surface area (Å²) in [5.74, 6) is 0.258. The molecule has 0 saturated carbocycles. The smallest absolute Gasteiger partial charge is 0.239 e. The molecule has 0 unspecified atom stereocenters. The molecule has 1 atom stereocenters. The summed E-state index contributed by atoms with van der Waals surface area (Å²) in [7, 11) is 3.99. The summed E-state index contributed by atoms with van der Waals surface area (Å²) in [6.07, 6.45) is 0. The van der Waals surface area contributed by atoms with Gasteiger partial charge < -0.3 is 26.0 Å². The van der Waals surface area contributed by atoms with Crippen LogP contribution < -0.4 is 21.1 Å². The maximum absolute atomic E-state index is 11.8. The van der Waals surface area contributed by atoms with Crippen LogP contribution in [0.3, 0.4) is 0 Å². The van der Waals surface area contributed by atoms with Gasteiger partial charge >= 0.3 is 0 Å². The molecule has 156 valence electrons. The highest BCUT2D eigenvalue weighted by Gasteiger charge is 2.17. The lowest BCUT2D eigenvalue weighted by atomic mass is 10.1. The summed E-state index contributed by atoms with van der Waals surface area (Å²) in [6.45, 7) is 5.51. The Morgan fingerprint density at radius 3 is 2.22 bits per heavy atom. The third-order valence-corrected chi connectivity index (χ3v) is 3.66. The molecule has 0 spiro atoms. The number of hydrogen-bond acceptors (Lipinski definition) is 5. The minimum absolute atomic E-state index is 0. The molecule has 2 amide bonds. The molecule has 0 fully saturated rings. The Balaban J connectivity index is 0. The Morgan fingerprint density at radius 2 is 1.70 bits per heavy atom. The van der Waals surface area contributed by atoms with E-state index in [2.05, 4.69) is 15.5 Å². The molecule has 0 aliphatic heterocycles. The molecular weight excluding hydrogens is 391 g/mol. The Labute approximate surface area is 174 Å². The average molecular weight is 423 g/mol. The molecule has 0 heterocycles. The quantitative estimate of drug-likeness (QED) is 0.525. The summed E-state index contributed by atoms with van der Waals surface area (Å²) in [5.41, 5.74) is 6.68. The van der Waals surface area contributed by atoms with E-state index >= 15 is 0 Å². The fourth-order valence-corrected chi connectivity index (χ4v) is 1.90. The fraction of sp³-hybridized carbons (Fsp3) is 0.556. The Morgan fingerprint density at radius 1 is 1.11 bits per heavy atom. The molecule has 1 aromatic carbocycles. The Hall–Kier alpha value is -1.54. The topological polar surface area (TPSA) is 96.7 Å². The number of ether oxygens (including phenoxy) is 1. The predicted octanol–water partition coefficient (Wildman–Crippen LogP) is 1.19. The lowest BCUT2D eigenvalue weighted by molar-refractivity contribution is -0.127. The van der Waals surface area contributed by atoms with Crippen LogP contribution in [0.15, 0.2) is 24.3 Å². The number of rotatable bonds is 10. The second-order valence-electron chi connectivity index (χ2n) is 6.56. The van der Waals surface area contributed by atoms with Gasteiger partial charge in [-0.15, -0.1) is 24.8 Å². The zero-order valence-corrected chi connectivity index (χ0v) is 18.0. The van der Waals surface area contributed by atoms with Crippen LogP contribution in [-0.4, -0.2) is 56.5 Å². The second kappa shape index (κ2) is 14.5. The van der Waals surface area contributed by atoms with E-state index in [9.17, 15) is 9.59 Å². The van der Waals surface area contributed by atoms with Gasteiger partial charge in [0.05, 0.1) is 12.6 Å². The van der Waals surface area contributed by atoms with E-state index in [-0.39, 0.29) is 49.1 Å². The number of hydrogen-bond donors (Lipinski definition) is 3. The first-order chi connectivity index (χ1) is 11.8. The first-order valence-electron chi connectivity index (χ1n) is 8.46. The number of carbonyl (C=O) groups excluding carboxylic acids is 2. The van der Waals surface area contributed by atoms with Gasteiger partial charge in [0.25, 0.3) is 0 Å². The van der Waals surface area contributed by atoms with Crippen molar-refractivity contribution < 1.29 is 14.3 Å². The zero-order valence-electron chi connectivity index (χ0n) is 16.4. The summed E-state index contributed by atoms with van der Waals surface area (Å²) in [4.78, 5) is 25.5. The van der Waals surface area contributed by atoms with E-state index in [0.717, 1.165) is 17.9 Å². The summed E-state index contributed by atoms with van der Waals surface area (Å²) in [5, 5.41) is 5.30. The van der Waals surface area contributed by atoms with E-state index < -0.39 is 6.04 Å². The van der Waals surface area contributed by atoms with Crippen molar-refractivity contribution in [2.45, 2.75) is 26.4 Å². The molecule has 7 nitrogen and oxygen atoms in total. The summed E-state index contributed by atoms with van der Waals surface area (Å²) in [6, 6.07) is 6.95. The van der Waals surface area contributed by atoms with Crippen LogP contribution in [-0.2, 0) is 16.1 Å². The molecule has 4 N–H and O–H groups in total. The van der Waals surface area contributed by atoms with Crippen LogP contribution in [0.4, 0.5) is 0 Å².